The molecule has 18 heavy (non-hydrogen) atoms. The molecule has 0 aliphatic carbocycles. The van der Waals surface area contributed by atoms with Crippen LogP contribution in [0.25, 0.3) is 10.9 Å². The topological polar surface area (TPSA) is 27.8 Å². The zero-order valence-electron chi connectivity index (χ0n) is 10.4. The van der Waals surface area contributed by atoms with Crippen LogP contribution in [0.4, 0.5) is 0 Å². The highest BCUT2D eigenvalue weighted by molar-refractivity contribution is 6.31. The van der Waals surface area contributed by atoms with E-state index in [1.54, 1.807) is 0 Å². The molecule has 0 amide bonds. The molecule has 98 valence electrons. The second kappa shape index (κ2) is 5.52. The minimum absolute atomic E-state index is 0. The summed E-state index contributed by atoms with van der Waals surface area (Å²) in [7, 11) is 0. The van der Waals surface area contributed by atoms with Gasteiger partial charge in [0.05, 0.1) is 0 Å². The third-order valence-electron chi connectivity index (χ3n) is 3.59. The van der Waals surface area contributed by atoms with Gasteiger partial charge in [0.1, 0.15) is 0 Å². The van der Waals surface area contributed by atoms with Gasteiger partial charge >= 0.3 is 0 Å². The molecule has 0 spiro atoms. The van der Waals surface area contributed by atoms with Gasteiger partial charge in [0, 0.05) is 27.7 Å². The maximum absolute atomic E-state index is 6.09. The van der Waals surface area contributed by atoms with E-state index in [0.29, 0.717) is 6.04 Å². The standard InChI is InChI=1S/C14H17ClN2.ClH/c1-2-3-13-14-10(6-7-16-13)11-8-9(15)4-5-12(11)17-14;/h4-5,8,13,16-17H,2-3,6-7H2,1H3;1H. The van der Waals surface area contributed by atoms with Crippen molar-refractivity contribution >= 4 is 34.9 Å². The van der Waals surface area contributed by atoms with Gasteiger partial charge in [0.25, 0.3) is 0 Å². The van der Waals surface area contributed by atoms with E-state index in [0.717, 1.165) is 18.0 Å². The Kier molecular flexibility index (Phi) is 4.21. The lowest BCUT2D eigenvalue weighted by molar-refractivity contribution is 0.464. The first-order chi connectivity index (χ1) is 8.29. The molecule has 2 heterocycles. The molecule has 2 nitrogen and oxygen atoms in total. The summed E-state index contributed by atoms with van der Waals surface area (Å²) in [5, 5.41) is 5.71. The molecular weight excluding hydrogens is 267 g/mol. The normalized spacial score (nSPS) is 18.4. The molecule has 1 aliphatic heterocycles. The summed E-state index contributed by atoms with van der Waals surface area (Å²) in [6, 6.07) is 6.60. The second-order valence-electron chi connectivity index (χ2n) is 4.75. The second-order valence-corrected chi connectivity index (χ2v) is 5.19. The van der Waals surface area contributed by atoms with E-state index < -0.39 is 0 Å². The third-order valence-corrected chi connectivity index (χ3v) is 3.83. The molecule has 4 heteroatoms. The highest BCUT2D eigenvalue weighted by atomic mass is 35.5. The fourth-order valence-corrected chi connectivity index (χ4v) is 2.99. The van der Waals surface area contributed by atoms with Crippen molar-refractivity contribution in [3.63, 3.8) is 0 Å². The highest BCUT2D eigenvalue weighted by Crippen LogP contribution is 2.33. The molecular formula is C14H18Cl2N2. The van der Waals surface area contributed by atoms with Crippen LogP contribution in [-0.4, -0.2) is 11.5 Å². The molecule has 0 saturated carbocycles. The van der Waals surface area contributed by atoms with Crippen LogP contribution in [0.3, 0.4) is 0 Å². The summed E-state index contributed by atoms with van der Waals surface area (Å²) >= 11 is 6.09. The number of H-pyrrole nitrogens is 1. The molecule has 0 saturated heterocycles. The van der Waals surface area contributed by atoms with Crippen molar-refractivity contribution in [2.45, 2.75) is 32.2 Å². The summed E-state index contributed by atoms with van der Waals surface area (Å²) < 4.78 is 0. The summed E-state index contributed by atoms with van der Waals surface area (Å²) in [5.41, 5.74) is 4.04. The Balaban J connectivity index is 0.00000120. The maximum Gasteiger partial charge on any atom is 0.0476 e. The van der Waals surface area contributed by atoms with Gasteiger partial charge in [-0.2, -0.15) is 0 Å². The van der Waals surface area contributed by atoms with Crippen LogP contribution in [0.15, 0.2) is 18.2 Å². The molecule has 1 unspecified atom stereocenters. The fourth-order valence-electron chi connectivity index (χ4n) is 2.82. The molecule has 0 fully saturated rings. The van der Waals surface area contributed by atoms with E-state index >= 15 is 0 Å². The number of aromatic nitrogens is 1. The van der Waals surface area contributed by atoms with E-state index in [-0.39, 0.29) is 12.4 Å². The number of halogens is 2. The maximum atomic E-state index is 6.09. The Morgan fingerprint density at radius 1 is 1.39 bits per heavy atom. The van der Waals surface area contributed by atoms with Crippen LogP contribution in [0.1, 0.15) is 37.1 Å². The number of hydrogen-bond donors (Lipinski definition) is 2. The largest absolute Gasteiger partial charge is 0.357 e. The average Bonchev–Trinajstić information content (AvgIpc) is 2.69. The van der Waals surface area contributed by atoms with Gasteiger partial charge < -0.3 is 10.3 Å². The van der Waals surface area contributed by atoms with Crippen molar-refractivity contribution in [2.75, 3.05) is 6.54 Å². The molecule has 0 radical (unpaired) electrons. The number of nitrogens with one attached hydrogen (secondary N) is 2. The molecule has 1 aromatic heterocycles. The number of hydrogen-bond acceptors (Lipinski definition) is 1. The zero-order valence-corrected chi connectivity index (χ0v) is 12.0. The quantitative estimate of drug-likeness (QED) is 0.849. The van der Waals surface area contributed by atoms with Gasteiger partial charge in [-0.3, -0.25) is 0 Å². The highest BCUT2D eigenvalue weighted by Gasteiger charge is 2.22. The predicted octanol–water partition coefficient (Wildman–Crippen LogP) is 4.23. The minimum atomic E-state index is 0. The Morgan fingerprint density at radius 3 is 3.00 bits per heavy atom. The van der Waals surface area contributed by atoms with Crippen LogP contribution >= 0.6 is 24.0 Å². The van der Waals surface area contributed by atoms with E-state index in [1.807, 2.05) is 6.07 Å². The Hall–Kier alpha value is -0.700. The first-order valence-electron chi connectivity index (χ1n) is 6.33. The average molecular weight is 285 g/mol. The van der Waals surface area contributed by atoms with Crippen LogP contribution in [0.5, 0.6) is 0 Å². The first kappa shape index (κ1) is 13.7. The molecule has 1 aromatic carbocycles. The SMILES string of the molecule is CCCC1NCCc2c1[nH]c1ccc(Cl)cc21.Cl. The number of rotatable bonds is 2. The van der Waals surface area contributed by atoms with Crippen LogP contribution in [0, 0.1) is 0 Å². The van der Waals surface area contributed by atoms with E-state index in [9.17, 15) is 0 Å². The summed E-state index contributed by atoms with van der Waals surface area (Å²) in [5.74, 6) is 0. The van der Waals surface area contributed by atoms with Gasteiger partial charge in [-0.15, -0.1) is 12.4 Å². The van der Waals surface area contributed by atoms with E-state index in [4.69, 9.17) is 11.6 Å². The van der Waals surface area contributed by atoms with E-state index in [2.05, 4.69) is 29.4 Å². The van der Waals surface area contributed by atoms with Crippen molar-refractivity contribution in [1.82, 2.24) is 10.3 Å². The lowest BCUT2D eigenvalue weighted by Gasteiger charge is -2.23. The van der Waals surface area contributed by atoms with Crippen molar-refractivity contribution in [2.24, 2.45) is 0 Å². The van der Waals surface area contributed by atoms with Crippen molar-refractivity contribution in [3.8, 4) is 0 Å². The van der Waals surface area contributed by atoms with Crippen molar-refractivity contribution < 1.29 is 0 Å². The Bertz CT molecular complexity index is 548. The predicted molar refractivity (Wildman–Crippen MR) is 79.9 cm³/mol. The van der Waals surface area contributed by atoms with Crippen LogP contribution < -0.4 is 5.32 Å². The Morgan fingerprint density at radius 2 is 2.22 bits per heavy atom. The summed E-state index contributed by atoms with van der Waals surface area (Å²) in [4.78, 5) is 3.56. The zero-order chi connectivity index (χ0) is 11.8. The van der Waals surface area contributed by atoms with Gasteiger partial charge in [0.2, 0.25) is 0 Å². The van der Waals surface area contributed by atoms with Gasteiger partial charge in [0.15, 0.2) is 0 Å². The third kappa shape index (κ3) is 2.25. The van der Waals surface area contributed by atoms with Gasteiger partial charge in [-0.25, -0.2) is 0 Å². The molecule has 0 bridgehead atoms. The minimum Gasteiger partial charge on any atom is -0.357 e. The molecule has 1 aliphatic rings. The first-order valence-corrected chi connectivity index (χ1v) is 6.70. The van der Waals surface area contributed by atoms with Crippen LogP contribution in [0.2, 0.25) is 5.02 Å². The molecule has 1 atom stereocenters. The van der Waals surface area contributed by atoms with Crippen LogP contribution in [-0.2, 0) is 6.42 Å². The molecule has 3 rings (SSSR count). The molecule has 2 N–H and O–H groups in total. The monoisotopic (exact) mass is 284 g/mol. The van der Waals surface area contributed by atoms with Gasteiger partial charge in [-0.1, -0.05) is 24.9 Å². The fraction of sp³-hybridized carbons (Fsp3) is 0.429. The Labute approximate surface area is 119 Å². The van der Waals surface area contributed by atoms with Gasteiger partial charge in [-0.05, 0) is 43.1 Å². The van der Waals surface area contributed by atoms with E-state index in [1.165, 1.54) is 35.0 Å². The lowest BCUT2D eigenvalue weighted by atomic mass is 9.97. The number of benzene rings is 1. The molecule has 2 aromatic rings. The lowest BCUT2D eigenvalue weighted by Crippen LogP contribution is -2.29. The number of aromatic amines is 1. The smallest absolute Gasteiger partial charge is 0.0476 e. The van der Waals surface area contributed by atoms with Crippen molar-refractivity contribution in [3.05, 3.63) is 34.5 Å². The van der Waals surface area contributed by atoms with Crippen molar-refractivity contribution in [1.29, 1.82) is 0 Å². The number of fused-ring (bicyclic) bond motifs is 3. The summed E-state index contributed by atoms with van der Waals surface area (Å²) in [6.07, 6.45) is 3.48. The summed E-state index contributed by atoms with van der Waals surface area (Å²) in [6.45, 7) is 3.30.